The Labute approximate surface area is 141 Å². The monoisotopic (exact) mass is 347 g/mol. The first-order valence-corrected chi connectivity index (χ1v) is 8.03. The number of hydrogen-bond donors (Lipinski definition) is 2. The van der Waals surface area contributed by atoms with Crippen LogP contribution >= 0.6 is 11.6 Å². The summed E-state index contributed by atoms with van der Waals surface area (Å²) in [6.45, 7) is 1.80. The van der Waals surface area contributed by atoms with Gasteiger partial charge in [0, 0.05) is 0 Å². The van der Waals surface area contributed by atoms with Crippen LogP contribution in [0.15, 0.2) is 23.1 Å². The van der Waals surface area contributed by atoms with Crippen molar-refractivity contribution in [3.8, 4) is 5.69 Å². The summed E-state index contributed by atoms with van der Waals surface area (Å²) < 4.78 is 15.1. The van der Waals surface area contributed by atoms with Crippen LogP contribution in [0.4, 0.5) is 4.39 Å². The zero-order chi connectivity index (χ0) is 17.0. The number of aromatic amines is 1. The third kappa shape index (κ3) is 2.32. The minimum absolute atomic E-state index is 0.0995. The zero-order valence-corrected chi connectivity index (χ0v) is 13.6. The predicted octanol–water partition coefficient (Wildman–Crippen LogP) is 2.62. The van der Waals surface area contributed by atoms with Crippen molar-refractivity contribution in [1.29, 1.82) is 0 Å². The molecule has 1 atom stereocenters. The highest BCUT2D eigenvalue weighted by Gasteiger charge is 2.33. The van der Waals surface area contributed by atoms with E-state index in [1.165, 1.54) is 10.8 Å². The van der Waals surface area contributed by atoms with Gasteiger partial charge in [-0.05, 0) is 37.8 Å². The third-order valence-corrected chi connectivity index (χ3v) is 4.68. The van der Waals surface area contributed by atoms with Gasteiger partial charge < -0.3 is 5.73 Å². The number of halogens is 2. The van der Waals surface area contributed by atoms with Crippen molar-refractivity contribution < 1.29 is 4.39 Å². The molecule has 0 unspecified atom stereocenters. The van der Waals surface area contributed by atoms with E-state index in [0.717, 1.165) is 25.0 Å². The molecular formula is C16H15ClFN5O. The number of nitrogens with zero attached hydrogens (tertiary/aromatic N) is 3. The summed E-state index contributed by atoms with van der Waals surface area (Å²) in [5.74, 6) is 0.126. The van der Waals surface area contributed by atoms with Gasteiger partial charge in [0.1, 0.15) is 11.6 Å². The fourth-order valence-corrected chi connectivity index (χ4v) is 3.17. The molecule has 3 aromatic rings. The maximum Gasteiger partial charge on any atom is 0.266 e. The molecule has 3 N–H and O–H groups in total. The lowest BCUT2D eigenvalue weighted by atomic mass is 10.1. The van der Waals surface area contributed by atoms with Gasteiger partial charge in [0.15, 0.2) is 0 Å². The van der Waals surface area contributed by atoms with Gasteiger partial charge in [-0.25, -0.2) is 9.37 Å². The fourth-order valence-electron chi connectivity index (χ4n) is 2.92. The van der Waals surface area contributed by atoms with Crippen LogP contribution in [0, 0.1) is 18.7 Å². The summed E-state index contributed by atoms with van der Waals surface area (Å²) in [5, 5.41) is 6.98. The van der Waals surface area contributed by atoms with Crippen molar-refractivity contribution in [2.24, 2.45) is 11.7 Å². The lowest BCUT2D eigenvalue weighted by Gasteiger charge is -2.18. The Hall–Kier alpha value is -2.25. The molecule has 0 aliphatic heterocycles. The average Bonchev–Trinajstić information content (AvgIpc) is 3.30. The van der Waals surface area contributed by atoms with Crippen LogP contribution in [0.1, 0.15) is 30.4 Å². The fraction of sp³-hybridized carbons (Fsp3) is 0.312. The molecule has 0 saturated heterocycles. The molecule has 1 aliphatic carbocycles. The summed E-state index contributed by atoms with van der Waals surface area (Å²) >= 11 is 6.10. The molecule has 8 heteroatoms. The van der Waals surface area contributed by atoms with E-state index in [9.17, 15) is 9.18 Å². The van der Waals surface area contributed by atoms with Crippen molar-refractivity contribution in [2.45, 2.75) is 25.8 Å². The second-order valence-electron chi connectivity index (χ2n) is 6.14. The van der Waals surface area contributed by atoms with E-state index in [1.54, 1.807) is 6.92 Å². The number of fused-ring (bicyclic) bond motifs is 1. The van der Waals surface area contributed by atoms with Crippen LogP contribution in [-0.4, -0.2) is 19.7 Å². The molecule has 24 heavy (non-hydrogen) atoms. The van der Waals surface area contributed by atoms with Crippen LogP contribution < -0.4 is 11.3 Å². The number of benzene rings is 1. The van der Waals surface area contributed by atoms with Crippen LogP contribution in [0.3, 0.4) is 0 Å². The highest BCUT2D eigenvalue weighted by atomic mass is 35.5. The van der Waals surface area contributed by atoms with Gasteiger partial charge in [0.2, 0.25) is 0 Å². The molecule has 2 heterocycles. The molecule has 0 amide bonds. The van der Waals surface area contributed by atoms with Gasteiger partial charge in [0.25, 0.3) is 5.56 Å². The van der Waals surface area contributed by atoms with Crippen molar-refractivity contribution in [3.63, 3.8) is 0 Å². The van der Waals surface area contributed by atoms with Crippen molar-refractivity contribution >= 4 is 22.5 Å². The van der Waals surface area contributed by atoms with Gasteiger partial charge >= 0.3 is 0 Å². The highest BCUT2D eigenvalue weighted by molar-refractivity contribution is 6.35. The minimum atomic E-state index is -0.582. The van der Waals surface area contributed by atoms with Gasteiger partial charge in [-0.2, -0.15) is 5.10 Å². The van der Waals surface area contributed by atoms with Crippen molar-refractivity contribution in [3.05, 3.63) is 51.0 Å². The van der Waals surface area contributed by atoms with Crippen molar-refractivity contribution in [1.82, 2.24) is 19.7 Å². The summed E-state index contributed by atoms with van der Waals surface area (Å²) in [6, 6.07) is 1.91. The maximum absolute atomic E-state index is 13.7. The Morgan fingerprint density at radius 2 is 2.21 bits per heavy atom. The molecule has 1 aromatic carbocycles. The lowest BCUT2D eigenvalue weighted by molar-refractivity contribution is 0.573. The normalized spacial score (nSPS) is 15.8. The molecule has 4 rings (SSSR count). The smallest absolute Gasteiger partial charge is 0.266 e. The number of H-pyrrole nitrogens is 1. The van der Waals surface area contributed by atoms with Crippen LogP contribution in [-0.2, 0) is 0 Å². The van der Waals surface area contributed by atoms with Gasteiger partial charge in [-0.1, -0.05) is 11.6 Å². The Balaban J connectivity index is 2.11. The molecular weight excluding hydrogens is 333 g/mol. The topological polar surface area (TPSA) is 89.6 Å². The van der Waals surface area contributed by atoms with Crippen LogP contribution in [0.25, 0.3) is 16.6 Å². The first-order chi connectivity index (χ1) is 11.5. The summed E-state index contributed by atoms with van der Waals surface area (Å²) in [4.78, 5) is 17.6. The van der Waals surface area contributed by atoms with Crippen molar-refractivity contribution in [2.75, 3.05) is 0 Å². The molecule has 1 fully saturated rings. The van der Waals surface area contributed by atoms with Gasteiger partial charge in [-0.3, -0.25) is 14.5 Å². The second-order valence-corrected chi connectivity index (χ2v) is 6.55. The Kier molecular flexibility index (Phi) is 3.43. The summed E-state index contributed by atoms with van der Waals surface area (Å²) in [7, 11) is 0. The molecule has 1 aliphatic rings. The number of aromatic nitrogens is 4. The summed E-state index contributed by atoms with van der Waals surface area (Å²) in [5.41, 5.74) is 7.45. The third-order valence-electron chi connectivity index (χ3n) is 4.39. The van der Waals surface area contributed by atoms with E-state index < -0.39 is 17.4 Å². The van der Waals surface area contributed by atoms with E-state index in [4.69, 9.17) is 17.3 Å². The number of aryl methyl sites for hydroxylation is 1. The first-order valence-electron chi connectivity index (χ1n) is 7.65. The molecule has 1 saturated carbocycles. The second kappa shape index (κ2) is 5.39. The first kappa shape index (κ1) is 15.3. The zero-order valence-electron chi connectivity index (χ0n) is 12.9. The van der Waals surface area contributed by atoms with Crippen LogP contribution in [0.2, 0.25) is 5.02 Å². The quantitative estimate of drug-likeness (QED) is 0.762. The average molecular weight is 348 g/mol. The highest BCUT2D eigenvalue weighted by Crippen LogP contribution is 2.39. The molecule has 6 nitrogen and oxygen atoms in total. The van der Waals surface area contributed by atoms with E-state index >= 15 is 0 Å². The summed E-state index contributed by atoms with van der Waals surface area (Å²) in [6.07, 6.45) is 3.53. The molecule has 0 spiro atoms. The Morgan fingerprint density at radius 3 is 2.83 bits per heavy atom. The minimum Gasteiger partial charge on any atom is -0.321 e. The number of nitrogens with one attached hydrogen (secondary N) is 1. The van der Waals surface area contributed by atoms with E-state index in [-0.39, 0.29) is 21.8 Å². The Bertz CT molecular complexity index is 1010. The lowest BCUT2D eigenvalue weighted by Crippen LogP contribution is -2.29. The predicted molar refractivity (Wildman–Crippen MR) is 88.8 cm³/mol. The Morgan fingerprint density at radius 1 is 1.46 bits per heavy atom. The largest absolute Gasteiger partial charge is 0.321 e. The number of nitrogens with two attached hydrogens (primary N) is 1. The number of hydrogen-bond acceptors (Lipinski definition) is 4. The molecule has 124 valence electrons. The van der Waals surface area contributed by atoms with E-state index in [1.807, 2.05) is 0 Å². The molecule has 0 radical (unpaired) electrons. The van der Waals surface area contributed by atoms with E-state index in [2.05, 4.69) is 15.2 Å². The molecule has 0 bridgehead atoms. The van der Waals surface area contributed by atoms with Crippen LogP contribution in [0.5, 0.6) is 0 Å². The van der Waals surface area contributed by atoms with E-state index in [0.29, 0.717) is 17.2 Å². The van der Waals surface area contributed by atoms with Gasteiger partial charge in [-0.15, -0.1) is 0 Å². The molecule has 2 aromatic heterocycles. The van der Waals surface area contributed by atoms with Gasteiger partial charge in [0.05, 0.1) is 39.5 Å². The maximum atomic E-state index is 13.7. The number of rotatable bonds is 3. The SMILES string of the molecule is Cc1[nH]ncc1-n1c([C@@H](N)C2CC2)nc2c(Cl)cc(F)cc2c1=O. The standard InChI is InChI=1S/C16H15ClFN5O/c1-7-12(6-20-22-7)23-15(13(19)8-2-3-8)21-14-10(16(23)24)4-9(18)5-11(14)17/h4-6,8,13H,2-3,19H2,1H3,(H,20,22)/t13-/m0/s1.